The molecule has 0 spiro atoms. The number of hydrogen-bond donors (Lipinski definition) is 1. The summed E-state index contributed by atoms with van der Waals surface area (Å²) in [5, 5.41) is 13.0. The summed E-state index contributed by atoms with van der Waals surface area (Å²) in [5.74, 6) is 1.55. The Balaban J connectivity index is 2.11. The Kier molecular flexibility index (Phi) is 3.94. The molecule has 0 bridgehead atoms. The molecule has 0 amide bonds. The van der Waals surface area contributed by atoms with Crippen LogP contribution >= 0.6 is 11.3 Å². The summed E-state index contributed by atoms with van der Waals surface area (Å²) in [7, 11) is 0. The molecular weight excluding hydrogens is 228 g/mol. The van der Waals surface area contributed by atoms with Gasteiger partial charge in [-0.05, 0) is 61.5 Å². The average Bonchev–Trinajstić information content (AvgIpc) is 2.59. The van der Waals surface area contributed by atoms with Gasteiger partial charge in [0.25, 0.3) is 0 Å². The molecule has 1 heterocycles. The van der Waals surface area contributed by atoms with E-state index >= 15 is 0 Å². The Morgan fingerprint density at radius 1 is 1.35 bits per heavy atom. The first-order valence-electron chi connectivity index (χ1n) is 6.79. The number of aryl methyl sites for hydroxylation is 1. The van der Waals surface area contributed by atoms with E-state index in [1.165, 1.54) is 17.7 Å². The van der Waals surface area contributed by atoms with Gasteiger partial charge in [-0.15, -0.1) is 11.3 Å². The lowest BCUT2D eigenvalue weighted by Gasteiger charge is -2.26. The van der Waals surface area contributed by atoms with Gasteiger partial charge < -0.3 is 5.11 Å². The van der Waals surface area contributed by atoms with Crippen molar-refractivity contribution in [2.24, 2.45) is 11.8 Å². The zero-order chi connectivity index (χ0) is 12.5. The summed E-state index contributed by atoms with van der Waals surface area (Å²) in [6, 6.07) is 2.17. The Morgan fingerprint density at radius 2 is 2.12 bits per heavy atom. The largest absolute Gasteiger partial charge is 0.385 e. The fourth-order valence-electron chi connectivity index (χ4n) is 2.99. The molecule has 1 aromatic heterocycles. The van der Waals surface area contributed by atoms with E-state index < -0.39 is 5.60 Å². The topological polar surface area (TPSA) is 20.2 Å². The first kappa shape index (κ1) is 13.1. The van der Waals surface area contributed by atoms with Crippen molar-refractivity contribution in [3.63, 3.8) is 0 Å². The third-order valence-corrected chi connectivity index (χ3v) is 5.17. The van der Waals surface area contributed by atoms with Crippen LogP contribution in [0.25, 0.3) is 0 Å². The molecule has 0 saturated heterocycles. The van der Waals surface area contributed by atoms with Gasteiger partial charge in [0.15, 0.2) is 0 Å². The van der Waals surface area contributed by atoms with E-state index in [0.717, 1.165) is 36.7 Å². The van der Waals surface area contributed by atoms with Gasteiger partial charge in [0.05, 0.1) is 5.60 Å². The Labute approximate surface area is 109 Å². The molecule has 1 fully saturated rings. The smallest absolute Gasteiger partial charge is 0.0904 e. The molecule has 0 radical (unpaired) electrons. The van der Waals surface area contributed by atoms with Crippen LogP contribution in [0.5, 0.6) is 0 Å². The number of rotatable bonds is 2. The molecule has 1 nitrogen and oxygen atoms in total. The van der Waals surface area contributed by atoms with Gasteiger partial charge in [0.1, 0.15) is 0 Å². The van der Waals surface area contributed by atoms with Crippen molar-refractivity contribution < 1.29 is 5.11 Å². The molecule has 1 aromatic rings. The lowest BCUT2D eigenvalue weighted by molar-refractivity contribution is 0.0195. The Morgan fingerprint density at radius 3 is 2.71 bits per heavy atom. The average molecular weight is 252 g/mol. The van der Waals surface area contributed by atoms with E-state index in [1.807, 2.05) is 0 Å². The third kappa shape index (κ3) is 2.92. The van der Waals surface area contributed by atoms with E-state index in [9.17, 15) is 5.11 Å². The van der Waals surface area contributed by atoms with Crippen molar-refractivity contribution in [1.82, 2.24) is 0 Å². The fourth-order valence-corrected chi connectivity index (χ4v) is 3.79. The minimum Gasteiger partial charge on any atom is -0.385 e. The van der Waals surface area contributed by atoms with Crippen LogP contribution in [0.1, 0.15) is 56.4 Å². The molecule has 2 heteroatoms. The van der Waals surface area contributed by atoms with Gasteiger partial charge in [-0.2, -0.15) is 0 Å². The highest BCUT2D eigenvalue weighted by Crippen LogP contribution is 2.40. The molecule has 1 saturated carbocycles. The normalized spacial score (nSPS) is 30.5. The maximum absolute atomic E-state index is 10.8. The van der Waals surface area contributed by atoms with Crippen LogP contribution in [0.3, 0.4) is 0 Å². The lowest BCUT2D eigenvalue weighted by atomic mass is 9.86. The van der Waals surface area contributed by atoms with Crippen LogP contribution in [-0.4, -0.2) is 5.11 Å². The van der Waals surface area contributed by atoms with E-state index in [2.05, 4.69) is 32.2 Å². The lowest BCUT2D eigenvalue weighted by Crippen LogP contribution is -2.24. The minimum absolute atomic E-state index is 0.547. The number of thiophene rings is 1. The molecule has 2 atom stereocenters. The van der Waals surface area contributed by atoms with Crippen LogP contribution in [0, 0.1) is 18.8 Å². The maximum atomic E-state index is 10.8. The SMILES string of the molecule is Cc1cc(C2(O)CCCC(C(C)C)CC2)cs1. The van der Waals surface area contributed by atoms with Gasteiger partial charge in [-0.3, -0.25) is 0 Å². The van der Waals surface area contributed by atoms with Crippen molar-refractivity contribution in [3.8, 4) is 0 Å². The molecular formula is C15H24OS. The van der Waals surface area contributed by atoms with Gasteiger partial charge in [0, 0.05) is 4.88 Å². The molecule has 1 aliphatic carbocycles. The van der Waals surface area contributed by atoms with Gasteiger partial charge in [-0.1, -0.05) is 20.3 Å². The van der Waals surface area contributed by atoms with E-state index in [4.69, 9.17) is 0 Å². The summed E-state index contributed by atoms with van der Waals surface area (Å²) in [4.78, 5) is 1.30. The molecule has 1 aliphatic rings. The zero-order valence-electron chi connectivity index (χ0n) is 11.2. The fraction of sp³-hybridized carbons (Fsp3) is 0.733. The first-order chi connectivity index (χ1) is 8.01. The standard InChI is InChI=1S/C15H24OS/c1-11(2)13-5-4-7-15(16,8-6-13)14-9-12(3)17-10-14/h9-11,13,16H,4-8H2,1-3H3. The second kappa shape index (κ2) is 5.11. The third-order valence-electron chi connectivity index (χ3n) is 4.30. The Bertz CT molecular complexity index is 369. The summed E-state index contributed by atoms with van der Waals surface area (Å²) in [6.07, 6.45) is 5.48. The molecule has 96 valence electrons. The van der Waals surface area contributed by atoms with Crippen LogP contribution in [-0.2, 0) is 5.60 Å². The summed E-state index contributed by atoms with van der Waals surface area (Å²) >= 11 is 1.75. The van der Waals surface area contributed by atoms with Gasteiger partial charge in [-0.25, -0.2) is 0 Å². The predicted octanol–water partition coefficient (Wildman–Crippen LogP) is 4.48. The molecule has 2 rings (SSSR count). The Hall–Kier alpha value is -0.340. The summed E-state index contributed by atoms with van der Waals surface area (Å²) < 4.78 is 0. The highest BCUT2D eigenvalue weighted by Gasteiger charge is 2.33. The zero-order valence-corrected chi connectivity index (χ0v) is 12.0. The van der Waals surface area contributed by atoms with Crippen molar-refractivity contribution in [1.29, 1.82) is 0 Å². The van der Waals surface area contributed by atoms with Gasteiger partial charge in [0.2, 0.25) is 0 Å². The van der Waals surface area contributed by atoms with Crippen LogP contribution < -0.4 is 0 Å². The quantitative estimate of drug-likeness (QED) is 0.769. The number of hydrogen-bond acceptors (Lipinski definition) is 2. The molecule has 1 N–H and O–H groups in total. The van der Waals surface area contributed by atoms with Crippen molar-refractivity contribution in [2.45, 2.75) is 58.5 Å². The van der Waals surface area contributed by atoms with Crippen molar-refractivity contribution >= 4 is 11.3 Å². The van der Waals surface area contributed by atoms with Gasteiger partial charge >= 0.3 is 0 Å². The molecule has 2 unspecified atom stereocenters. The maximum Gasteiger partial charge on any atom is 0.0904 e. The molecule has 0 aliphatic heterocycles. The van der Waals surface area contributed by atoms with Crippen LogP contribution in [0.2, 0.25) is 0 Å². The monoisotopic (exact) mass is 252 g/mol. The van der Waals surface area contributed by atoms with Crippen LogP contribution in [0.4, 0.5) is 0 Å². The highest BCUT2D eigenvalue weighted by molar-refractivity contribution is 7.10. The molecule has 17 heavy (non-hydrogen) atoms. The summed E-state index contributed by atoms with van der Waals surface area (Å²) in [5.41, 5.74) is 0.610. The second-order valence-corrected chi connectivity index (χ2v) is 7.03. The van der Waals surface area contributed by atoms with E-state index in [1.54, 1.807) is 11.3 Å². The first-order valence-corrected chi connectivity index (χ1v) is 7.67. The predicted molar refractivity (Wildman–Crippen MR) is 74.4 cm³/mol. The van der Waals surface area contributed by atoms with E-state index in [-0.39, 0.29) is 0 Å². The van der Waals surface area contributed by atoms with E-state index in [0.29, 0.717) is 0 Å². The minimum atomic E-state index is -0.547. The van der Waals surface area contributed by atoms with Crippen LogP contribution in [0.15, 0.2) is 11.4 Å². The van der Waals surface area contributed by atoms with Crippen molar-refractivity contribution in [2.75, 3.05) is 0 Å². The van der Waals surface area contributed by atoms with Crippen molar-refractivity contribution in [3.05, 3.63) is 21.9 Å². The second-order valence-electron chi connectivity index (χ2n) is 5.91. The highest BCUT2D eigenvalue weighted by atomic mass is 32.1. The number of aliphatic hydroxyl groups is 1. The molecule has 0 aromatic carbocycles. The summed E-state index contributed by atoms with van der Waals surface area (Å²) in [6.45, 7) is 6.73.